The largest absolute Gasteiger partial charge is 0.343 e. The van der Waals surface area contributed by atoms with E-state index in [4.69, 9.17) is 0 Å². The van der Waals surface area contributed by atoms with Crippen molar-refractivity contribution in [1.82, 2.24) is 35.0 Å². The normalized spacial score (nSPS) is 15.8. The molecular weight excluding hydrogens is 436 g/mol. The minimum absolute atomic E-state index is 0.0959. The van der Waals surface area contributed by atoms with Crippen molar-refractivity contribution in [1.29, 1.82) is 0 Å². The molecule has 0 bridgehead atoms. The van der Waals surface area contributed by atoms with Gasteiger partial charge in [0.25, 0.3) is 5.92 Å². The van der Waals surface area contributed by atoms with Gasteiger partial charge in [0, 0.05) is 78.8 Å². The number of imidazole rings is 1. The number of H-pyrrole nitrogens is 2. The number of halogens is 2. The number of aromatic nitrogens is 6. The lowest BCUT2D eigenvalue weighted by molar-refractivity contribution is 0.0115. The third-order valence-corrected chi connectivity index (χ3v) is 6.15. The van der Waals surface area contributed by atoms with Gasteiger partial charge >= 0.3 is 0 Å². The molecular formula is C25H21F2N7. The maximum Gasteiger partial charge on any atom is 0.261 e. The van der Waals surface area contributed by atoms with Crippen LogP contribution in [0, 0.1) is 0 Å². The zero-order valence-electron chi connectivity index (χ0n) is 18.2. The monoisotopic (exact) mass is 457 g/mol. The molecule has 0 saturated carbocycles. The van der Waals surface area contributed by atoms with Crippen molar-refractivity contribution in [3.05, 3.63) is 73.1 Å². The first-order valence-electron chi connectivity index (χ1n) is 11.0. The van der Waals surface area contributed by atoms with Gasteiger partial charge in [-0.05, 0) is 35.4 Å². The molecule has 1 aliphatic rings. The Balaban J connectivity index is 1.45. The average molecular weight is 457 g/mol. The molecule has 0 atom stereocenters. The summed E-state index contributed by atoms with van der Waals surface area (Å²) in [6, 6.07) is 10.0. The number of pyridine rings is 2. The number of nitrogens with zero attached hydrogens (tertiary/aromatic N) is 5. The van der Waals surface area contributed by atoms with Crippen molar-refractivity contribution in [2.45, 2.75) is 18.9 Å². The minimum Gasteiger partial charge on any atom is -0.343 e. The zero-order chi connectivity index (χ0) is 23.1. The van der Waals surface area contributed by atoms with Gasteiger partial charge in [-0.1, -0.05) is 6.07 Å². The molecule has 0 spiro atoms. The zero-order valence-corrected chi connectivity index (χ0v) is 18.2. The molecule has 2 N–H and O–H groups in total. The average Bonchev–Trinajstić information content (AvgIpc) is 3.59. The number of aromatic amines is 2. The number of likely N-dealkylation sites (tertiary alicyclic amines) is 1. The van der Waals surface area contributed by atoms with Crippen LogP contribution < -0.4 is 0 Å². The second-order valence-corrected chi connectivity index (χ2v) is 8.60. The Labute approximate surface area is 193 Å². The number of hydrogen-bond acceptors (Lipinski definition) is 5. The first kappa shape index (κ1) is 20.6. The van der Waals surface area contributed by atoms with Gasteiger partial charge < -0.3 is 4.98 Å². The number of fused-ring (bicyclic) bond motifs is 1. The first-order chi connectivity index (χ1) is 16.6. The number of nitrogens with one attached hydrogen (secondary N) is 2. The van der Waals surface area contributed by atoms with Crippen LogP contribution in [-0.4, -0.2) is 54.0 Å². The number of hydrogen-bond donors (Lipinski definition) is 2. The van der Waals surface area contributed by atoms with Crippen molar-refractivity contribution in [2.24, 2.45) is 0 Å². The third-order valence-electron chi connectivity index (χ3n) is 6.15. The standard InChI is InChI=1S/C25H21F2N7/c26-25(27)3-7-34(15-25)14-16-8-19(13-29-11-16)18-9-20(17-2-1-4-28-12-17)22-21(10-18)23(33-32-22)24-30-5-6-31-24/h1-2,4-6,8-13H,3,7,14-15H2,(H,30,31)(H,32,33). The predicted octanol–water partition coefficient (Wildman–Crippen LogP) is 4.92. The topological polar surface area (TPSA) is 86.4 Å². The number of rotatable bonds is 5. The van der Waals surface area contributed by atoms with Crippen LogP contribution >= 0.6 is 0 Å². The van der Waals surface area contributed by atoms with Crippen LogP contribution in [0.1, 0.15) is 12.0 Å². The lowest BCUT2D eigenvalue weighted by Crippen LogP contribution is -2.24. The van der Waals surface area contributed by atoms with E-state index in [-0.39, 0.29) is 13.0 Å². The van der Waals surface area contributed by atoms with Crippen LogP contribution in [0.3, 0.4) is 0 Å². The summed E-state index contributed by atoms with van der Waals surface area (Å²) in [7, 11) is 0. The summed E-state index contributed by atoms with van der Waals surface area (Å²) in [6.45, 7) is 0.614. The molecule has 170 valence electrons. The fourth-order valence-corrected chi connectivity index (χ4v) is 4.54. The molecule has 4 aromatic heterocycles. The summed E-state index contributed by atoms with van der Waals surface area (Å²) in [5.41, 5.74) is 6.22. The molecule has 34 heavy (non-hydrogen) atoms. The van der Waals surface area contributed by atoms with Gasteiger partial charge in [0.05, 0.1) is 6.54 Å². The number of benzene rings is 1. The summed E-state index contributed by atoms with van der Waals surface area (Å²) in [4.78, 5) is 18.0. The summed E-state index contributed by atoms with van der Waals surface area (Å²) < 4.78 is 27.3. The molecule has 0 radical (unpaired) electrons. The van der Waals surface area contributed by atoms with Crippen molar-refractivity contribution in [3.63, 3.8) is 0 Å². The van der Waals surface area contributed by atoms with Gasteiger partial charge in [-0.15, -0.1) is 0 Å². The van der Waals surface area contributed by atoms with Crippen LogP contribution in [0.2, 0.25) is 0 Å². The van der Waals surface area contributed by atoms with Crippen LogP contribution in [0.15, 0.2) is 67.5 Å². The molecule has 0 unspecified atom stereocenters. The van der Waals surface area contributed by atoms with Gasteiger partial charge in [0.1, 0.15) is 11.2 Å². The van der Waals surface area contributed by atoms with Crippen molar-refractivity contribution in [3.8, 4) is 33.8 Å². The van der Waals surface area contributed by atoms with Crippen molar-refractivity contribution >= 4 is 10.9 Å². The van der Waals surface area contributed by atoms with Gasteiger partial charge in [-0.2, -0.15) is 5.10 Å². The predicted molar refractivity (Wildman–Crippen MR) is 125 cm³/mol. The molecule has 7 nitrogen and oxygen atoms in total. The van der Waals surface area contributed by atoms with E-state index in [1.54, 1.807) is 35.9 Å². The van der Waals surface area contributed by atoms with Crippen LogP contribution in [0.4, 0.5) is 8.78 Å². The van der Waals surface area contributed by atoms with E-state index in [9.17, 15) is 8.78 Å². The van der Waals surface area contributed by atoms with E-state index in [0.717, 1.165) is 44.4 Å². The fourth-order valence-electron chi connectivity index (χ4n) is 4.54. The highest BCUT2D eigenvalue weighted by Gasteiger charge is 2.37. The Kier molecular flexibility index (Phi) is 4.91. The molecule has 1 saturated heterocycles. The molecule has 5 aromatic rings. The lowest BCUT2D eigenvalue weighted by Gasteiger charge is -2.16. The fraction of sp³-hybridized carbons (Fsp3) is 0.200. The molecule has 0 amide bonds. The second-order valence-electron chi connectivity index (χ2n) is 8.60. The van der Waals surface area contributed by atoms with Gasteiger partial charge in [0.2, 0.25) is 0 Å². The third kappa shape index (κ3) is 3.84. The Morgan fingerprint density at radius 1 is 1.00 bits per heavy atom. The van der Waals surface area contributed by atoms with Crippen molar-refractivity contribution in [2.75, 3.05) is 13.1 Å². The molecule has 1 aromatic carbocycles. The first-order valence-corrected chi connectivity index (χ1v) is 11.0. The smallest absolute Gasteiger partial charge is 0.261 e. The SMILES string of the molecule is FC1(F)CCN(Cc2cncc(-c3cc(-c4cccnc4)c4n[nH]c(-c5ncc[nH]5)c4c3)c2)C1. The van der Waals surface area contributed by atoms with Gasteiger partial charge in [-0.25, -0.2) is 13.8 Å². The van der Waals surface area contributed by atoms with Crippen molar-refractivity contribution < 1.29 is 8.78 Å². The molecule has 1 aliphatic heterocycles. The van der Waals surface area contributed by atoms with E-state index in [0.29, 0.717) is 18.9 Å². The molecule has 6 rings (SSSR count). The molecule has 9 heteroatoms. The minimum atomic E-state index is -2.61. The molecule has 0 aliphatic carbocycles. The van der Waals surface area contributed by atoms with Gasteiger partial charge in [0.15, 0.2) is 5.82 Å². The highest BCUT2D eigenvalue weighted by Crippen LogP contribution is 2.36. The van der Waals surface area contributed by atoms with Gasteiger partial charge in [-0.3, -0.25) is 20.0 Å². The number of alkyl halides is 2. The maximum atomic E-state index is 13.6. The summed E-state index contributed by atoms with van der Waals surface area (Å²) in [5, 5.41) is 8.61. The molecule has 1 fully saturated rings. The van der Waals surface area contributed by atoms with E-state index in [2.05, 4.69) is 42.3 Å². The van der Waals surface area contributed by atoms with Crippen LogP contribution in [0.25, 0.3) is 44.7 Å². The summed E-state index contributed by atoms with van der Waals surface area (Å²) >= 11 is 0. The van der Waals surface area contributed by atoms with E-state index >= 15 is 0 Å². The Morgan fingerprint density at radius 3 is 2.68 bits per heavy atom. The Morgan fingerprint density at radius 2 is 1.91 bits per heavy atom. The summed E-state index contributed by atoms with van der Waals surface area (Å²) in [6.07, 6.45) is 10.4. The highest BCUT2D eigenvalue weighted by molar-refractivity contribution is 6.03. The Hall–Kier alpha value is -3.98. The van der Waals surface area contributed by atoms with E-state index < -0.39 is 5.92 Å². The van der Waals surface area contributed by atoms with Crippen LogP contribution in [0.5, 0.6) is 0 Å². The quantitative estimate of drug-likeness (QED) is 0.391. The second kappa shape index (κ2) is 8.11. The van der Waals surface area contributed by atoms with Crippen LogP contribution in [-0.2, 0) is 6.54 Å². The maximum absolute atomic E-state index is 13.6. The highest BCUT2D eigenvalue weighted by atomic mass is 19.3. The Bertz CT molecular complexity index is 1450. The van der Waals surface area contributed by atoms with E-state index in [1.165, 1.54) is 0 Å². The summed E-state index contributed by atoms with van der Waals surface area (Å²) in [5.74, 6) is -1.92. The molecule has 5 heterocycles. The lowest BCUT2D eigenvalue weighted by atomic mass is 9.96. The van der Waals surface area contributed by atoms with E-state index in [1.807, 2.05) is 24.4 Å².